The number of amides is 2. The van der Waals surface area contributed by atoms with Crippen LogP contribution in [0.5, 0.6) is 5.75 Å². The maximum Gasteiger partial charge on any atom is 0.339 e. The van der Waals surface area contributed by atoms with Gasteiger partial charge in [-0.15, -0.1) is 0 Å². The van der Waals surface area contributed by atoms with Gasteiger partial charge in [-0.2, -0.15) is 0 Å². The third-order valence-corrected chi connectivity index (χ3v) is 4.94. The van der Waals surface area contributed by atoms with Crippen molar-refractivity contribution in [2.24, 2.45) is 23.7 Å². The predicted octanol–water partition coefficient (Wildman–Crippen LogP) is 1.40. The van der Waals surface area contributed by atoms with E-state index in [4.69, 9.17) is 5.11 Å². The molecule has 2 aliphatic carbocycles. The number of imide groups is 1. The van der Waals surface area contributed by atoms with Crippen molar-refractivity contribution < 1.29 is 24.6 Å². The van der Waals surface area contributed by atoms with Crippen LogP contribution in [0.1, 0.15) is 16.8 Å². The Bertz CT molecular complexity index is 723. The molecule has 2 N–H and O–H groups in total. The molecule has 0 radical (unpaired) electrons. The number of hydrogen-bond donors (Lipinski definition) is 2. The second-order valence-electron chi connectivity index (χ2n) is 6.02. The number of fused-ring (bicyclic) bond motifs is 5. The minimum Gasteiger partial charge on any atom is -0.507 e. The molecule has 1 saturated carbocycles. The molecule has 0 aromatic heterocycles. The minimum absolute atomic E-state index is 0.104. The third kappa shape index (κ3) is 1.52. The number of hydrogen-bond acceptors (Lipinski definition) is 4. The number of benzene rings is 1. The summed E-state index contributed by atoms with van der Waals surface area (Å²) in [5, 5.41) is 18.6. The zero-order valence-corrected chi connectivity index (χ0v) is 11.5. The van der Waals surface area contributed by atoms with E-state index in [0.29, 0.717) is 0 Å². The molecule has 0 unspecified atom stereocenters. The van der Waals surface area contributed by atoms with Gasteiger partial charge in [-0.3, -0.25) is 9.59 Å². The highest BCUT2D eigenvalue weighted by Crippen LogP contribution is 2.53. The normalized spacial score (nSPS) is 31.9. The second-order valence-corrected chi connectivity index (χ2v) is 6.02. The summed E-state index contributed by atoms with van der Waals surface area (Å²) in [6.45, 7) is 0. The molecule has 22 heavy (non-hydrogen) atoms. The van der Waals surface area contributed by atoms with Crippen molar-refractivity contribution >= 4 is 23.5 Å². The quantitative estimate of drug-likeness (QED) is 0.636. The van der Waals surface area contributed by atoms with E-state index in [0.717, 1.165) is 11.3 Å². The average Bonchev–Trinajstić information content (AvgIpc) is 3.14. The Kier molecular flexibility index (Phi) is 2.49. The van der Waals surface area contributed by atoms with Crippen LogP contribution in [0, 0.1) is 23.7 Å². The van der Waals surface area contributed by atoms with Crippen molar-refractivity contribution in [1.82, 2.24) is 0 Å². The third-order valence-electron chi connectivity index (χ3n) is 4.94. The molecule has 4 atom stereocenters. The monoisotopic (exact) mass is 299 g/mol. The summed E-state index contributed by atoms with van der Waals surface area (Å²) in [4.78, 5) is 37.4. The predicted molar refractivity (Wildman–Crippen MR) is 75.3 cm³/mol. The van der Waals surface area contributed by atoms with Crippen LogP contribution >= 0.6 is 0 Å². The van der Waals surface area contributed by atoms with Gasteiger partial charge in [0.15, 0.2) is 0 Å². The highest BCUT2D eigenvalue weighted by molar-refractivity contribution is 6.23. The fourth-order valence-electron chi connectivity index (χ4n) is 3.99. The van der Waals surface area contributed by atoms with Gasteiger partial charge in [-0.05, 0) is 36.5 Å². The van der Waals surface area contributed by atoms with Crippen molar-refractivity contribution in [2.75, 3.05) is 4.90 Å². The zero-order valence-electron chi connectivity index (χ0n) is 11.5. The molecule has 1 aliphatic heterocycles. The lowest BCUT2D eigenvalue weighted by molar-refractivity contribution is -0.123. The number of rotatable bonds is 2. The molecule has 4 rings (SSSR count). The summed E-state index contributed by atoms with van der Waals surface area (Å²) in [6, 6.07) is 3.76. The highest BCUT2D eigenvalue weighted by atomic mass is 16.4. The van der Waals surface area contributed by atoms with Gasteiger partial charge in [0, 0.05) is 0 Å². The Hall–Kier alpha value is -2.63. The van der Waals surface area contributed by atoms with Crippen LogP contribution in [-0.4, -0.2) is 28.0 Å². The fraction of sp³-hybridized carbons (Fsp3) is 0.312. The molecule has 6 heteroatoms. The molecule has 2 bridgehead atoms. The van der Waals surface area contributed by atoms with Crippen molar-refractivity contribution in [2.45, 2.75) is 6.42 Å². The number of aromatic carboxylic acids is 1. The molecule has 2 amide bonds. The SMILES string of the molecule is O=C(O)c1cc(N2C(=O)[C@H]3[C@H](C2=O)[C@H]2C=C[C@H]3C2)ccc1O. The van der Waals surface area contributed by atoms with E-state index < -0.39 is 11.7 Å². The Morgan fingerprint density at radius 2 is 1.68 bits per heavy atom. The van der Waals surface area contributed by atoms with E-state index in [1.807, 2.05) is 12.2 Å². The Morgan fingerprint density at radius 3 is 2.23 bits per heavy atom. The minimum atomic E-state index is -1.31. The summed E-state index contributed by atoms with van der Waals surface area (Å²) >= 11 is 0. The lowest BCUT2D eigenvalue weighted by atomic mass is 9.85. The van der Waals surface area contributed by atoms with Crippen LogP contribution in [0.3, 0.4) is 0 Å². The van der Waals surface area contributed by atoms with Crippen molar-refractivity contribution in [3.63, 3.8) is 0 Å². The second kappa shape index (κ2) is 4.19. The molecule has 3 aliphatic rings. The number of carboxylic acid groups (broad SMARTS) is 1. The van der Waals surface area contributed by atoms with Crippen LogP contribution in [-0.2, 0) is 9.59 Å². The molecule has 112 valence electrons. The highest BCUT2D eigenvalue weighted by Gasteiger charge is 2.59. The summed E-state index contributed by atoms with van der Waals surface area (Å²) in [6.07, 6.45) is 4.84. The Labute approximate surface area is 125 Å². The van der Waals surface area contributed by atoms with Crippen molar-refractivity contribution in [1.29, 1.82) is 0 Å². The van der Waals surface area contributed by atoms with Crippen LogP contribution in [0.4, 0.5) is 5.69 Å². The maximum atomic E-state index is 12.6. The lowest BCUT2D eigenvalue weighted by Crippen LogP contribution is -2.33. The van der Waals surface area contributed by atoms with Crippen LogP contribution in [0.15, 0.2) is 30.4 Å². The molecule has 1 heterocycles. The molecule has 1 saturated heterocycles. The molecule has 6 nitrogen and oxygen atoms in total. The number of allylic oxidation sites excluding steroid dienone is 2. The molecule has 0 spiro atoms. The molecular weight excluding hydrogens is 286 g/mol. The van der Waals surface area contributed by atoms with Gasteiger partial charge in [-0.25, -0.2) is 9.69 Å². The van der Waals surface area contributed by atoms with Gasteiger partial charge in [0.05, 0.1) is 17.5 Å². The van der Waals surface area contributed by atoms with Crippen molar-refractivity contribution in [3.05, 3.63) is 35.9 Å². The van der Waals surface area contributed by atoms with Gasteiger partial charge in [0.25, 0.3) is 0 Å². The molecule has 1 aromatic rings. The van der Waals surface area contributed by atoms with Crippen LogP contribution < -0.4 is 4.90 Å². The first kappa shape index (κ1) is 13.1. The summed E-state index contributed by atoms with van der Waals surface area (Å²) in [5.41, 5.74) is -0.116. The van der Waals surface area contributed by atoms with E-state index in [1.54, 1.807) is 0 Å². The fourth-order valence-corrected chi connectivity index (χ4v) is 3.99. The summed E-state index contributed by atoms with van der Waals surface area (Å²) in [7, 11) is 0. The zero-order chi connectivity index (χ0) is 15.6. The van der Waals surface area contributed by atoms with E-state index in [1.165, 1.54) is 18.2 Å². The lowest BCUT2D eigenvalue weighted by Gasteiger charge is -2.18. The van der Waals surface area contributed by atoms with E-state index in [-0.39, 0.29) is 46.7 Å². The average molecular weight is 299 g/mol. The standard InChI is InChI=1S/C16H13NO5/c18-11-4-3-9(6-10(11)16(21)22)17-14(19)12-7-1-2-8(5-7)13(12)15(17)20/h1-4,6-8,12-13,18H,5H2,(H,21,22)/t7-,8-,12+,13+/m0/s1. The van der Waals surface area contributed by atoms with Crippen LogP contribution in [0.25, 0.3) is 0 Å². The first-order chi connectivity index (χ1) is 10.5. The maximum absolute atomic E-state index is 12.6. The summed E-state index contributed by atoms with van der Waals surface area (Å²) in [5.74, 6) is -2.69. The molecule has 1 aromatic carbocycles. The molecule has 2 fully saturated rings. The molecular formula is C16H13NO5. The van der Waals surface area contributed by atoms with E-state index in [2.05, 4.69) is 0 Å². The largest absolute Gasteiger partial charge is 0.507 e. The van der Waals surface area contributed by atoms with Crippen molar-refractivity contribution in [3.8, 4) is 5.75 Å². The summed E-state index contributed by atoms with van der Waals surface area (Å²) < 4.78 is 0. The Morgan fingerprint density at radius 1 is 1.09 bits per heavy atom. The van der Waals surface area contributed by atoms with E-state index in [9.17, 15) is 19.5 Å². The number of aromatic hydroxyl groups is 1. The van der Waals surface area contributed by atoms with Gasteiger partial charge in [-0.1, -0.05) is 12.2 Å². The van der Waals surface area contributed by atoms with Crippen LogP contribution in [0.2, 0.25) is 0 Å². The first-order valence-corrected chi connectivity index (χ1v) is 7.11. The Balaban J connectivity index is 1.76. The number of carbonyl (C=O) groups excluding carboxylic acids is 2. The first-order valence-electron chi connectivity index (χ1n) is 7.11. The number of carboxylic acids is 1. The smallest absolute Gasteiger partial charge is 0.339 e. The number of phenols is 1. The van der Waals surface area contributed by atoms with Gasteiger partial charge < -0.3 is 10.2 Å². The number of anilines is 1. The topological polar surface area (TPSA) is 94.9 Å². The van der Waals surface area contributed by atoms with Gasteiger partial charge in [0.1, 0.15) is 11.3 Å². The number of nitrogens with zero attached hydrogens (tertiary/aromatic N) is 1. The van der Waals surface area contributed by atoms with Gasteiger partial charge in [0.2, 0.25) is 11.8 Å². The van der Waals surface area contributed by atoms with Gasteiger partial charge >= 0.3 is 5.97 Å². The van der Waals surface area contributed by atoms with E-state index >= 15 is 0 Å². The number of carbonyl (C=O) groups is 3.